The Balaban J connectivity index is 1.41. The fourth-order valence-corrected chi connectivity index (χ4v) is 3.18. The predicted molar refractivity (Wildman–Crippen MR) is 115 cm³/mol. The molecule has 0 saturated carbocycles. The Bertz CT molecular complexity index is 921. The van der Waals surface area contributed by atoms with Gasteiger partial charge < -0.3 is 25.1 Å². The second-order valence-corrected chi connectivity index (χ2v) is 6.98. The van der Waals surface area contributed by atoms with Gasteiger partial charge in [0.05, 0.1) is 30.9 Å². The van der Waals surface area contributed by atoms with Gasteiger partial charge in [-0.3, -0.25) is 4.79 Å². The highest BCUT2D eigenvalue weighted by atomic mass is 16.5. The fraction of sp³-hybridized carbons (Fsp3) is 0.364. The lowest BCUT2D eigenvalue weighted by molar-refractivity contribution is -0.116. The van der Waals surface area contributed by atoms with Crippen LogP contribution in [0.3, 0.4) is 0 Å². The molecular formula is C22H28N4O3. The first-order valence-electron chi connectivity index (χ1n) is 9.78. The van der Waals surface area contributed by atoms with E-state index in [1.54, 1.807) is 32.4 Å². The number of rotatable bonds is 10. The van der Waals surface area contributed by atoms with E-state index in [-0.39, 0.29) is 11.9 Å². The quantitative estimate of drug-likeness (QED) is 0.456. The van der Waals surface area contributed by atoms with Crippen molar-refractivity contribution in [1.82, 2.24) is 15.3 Å². The molecule has 7 nitrogen and oxygen atoms in total. The molecule has 0 fully saturated rings. The van der Waals surface area contributed by atoms with Crippen molar-refractivity contribution in [1.29, 1.82) is 0 Å². The minimum absolute atomic E-state index is 0.0641. The summed E-state index contributed by atoms with van der Waals surface area (Å²) in [4.78, 5) is 20.3. The number of aromatic amines is 1. The molecule has 3 rings (SSSR count). The highest BCUT2D eigenvalue weighted by molar-refractivity contribution is 5.92. The minimum atomic E-state index is -0.0641. The number of hydrogen-bond donors (Lipinski definition) is 3. The highest BCUT2D eigenvalue weighted by Gasteiger charge is 2.12. The number of benzene rings is 2. The van der Waals surface area contributed by atoms with Crippen LogP contribution in [0.1, 0.15) is 25.6 Å². The molecule has 2 aromatic carbocycles. The zero-order chi connectivity index (χ0) is 20.6. The Morgan fingerprint density at radius 2 is 2.00 bits per heavy atom. The van der Waals surface area contributed by atoms with Crippen molar-refractivity contribution < 1.29 is 14.3 Å². The summed E-state index contributed by atoms with van der Waals surface area (Å²) in [5.41, 5.74) is 2.69. The van der Waals surface area contributed by atoms with Gasteiger partial charge in [-0.15, -0.1) is 0 Å². The van der Waals surface area contributed by atoms with Crippen LogP contribution >= 0.6 is 0 Å². The van der Waals surface area contributed by atoms with Crippen molar-refractivity contribution >= 4 is 22.6 Å². The number of hydrogen-bond acceptors (Lipinski definition) is 5. The summed E-state index contributed by atoms with van der Waals surface area (Å²) in [6.07, 6.45) is 2.18. The molecular weight excluding hydrogens is 368 g/mol. The van der Waals surface area contributed by atoms with Gasteiger partial charge in [0.2, 0.25) is 5.91 Å². The molecule has 3 aromatic rings. The standard InChI is InChI=1S/C22H28N4O3/c1-15(13-22(27)26-19-11-10-16(28-2)14-20(19)29-3)23-12-6-9-21-24-17-7-4-5-8-18(17)25-21/h4-5,7-8,10-11,14-15,23H,6,9,12-13H2,1-3H3,(H,24,25)(H,26,27). The van der Waals surface area contributed by atoms with E-state index >= 15 is 0 Å². The first-order valence-corrected chi connectivity index (χ1v) is 9.78. The fourth-order valence-electron chi connectivity index (χ4n) is 3.18. The molecule has 1 unspecified atom stereocenters. The number of nitrogens with one attached hydrogen (secondary N) is 3. The number of carbonyl (C=O) groups is 1. The average molecular weight is 396 g/mol. The van der Waals surface area contributed by atoms with E-state index in [0.717, 1.165) is 36.2 Å². The third-order valence-electron chi connectivity index (χ3n) is 4.70. The van der Waals surface area contributed by atoms with E-state index in [0.29, 0.717) is 23.6 Å². The Kier molecular flexibility index (Phi) is 7.08. The number of H-pyrrole nitrogens is 1. The number of nitrogens with zero attached hydrogens (tertiary/aromatic N) is 1. The van der Waals surface area contributed by atoms with Crippen LogP contribution < -0.4 is 20.1 Å². The van der Waals surface area contributed by atoms with E-state index in [4.69, 9.17) is 9.47 Å². The molecule has 7 heteroatoms. The van der Waals surface area contributed by atoms with Crippen molar-refractivity contribution in [3.63, 3.8) is 0 Å². The summed E-state index contributed by atoms with van der Waals surface area (Å²) < 4.78 is 10.5. The maximum absolute atomic E-state index is 12.3. The first-order chi connectivity index (χ1) is 14.1. The van der Waals surface area contributed by atoms with Crippen LogP contribution in [0, 0.1) is 0 Å². The summed E-state index contributed by atoms with van der Waals surface area (Å²) in [7, 11) is 3.16. The summed E-state index contributed by atoms with van der Waals surface area (Å²) in [6.45, 7) is 2.82. The normalized spacial score (nSPS) is 12.0. The number of amides is 1. The maximum atomic E-state index is 12.3. The smallest absolute Gasteiger partial charge is 0.226 e. The number of methoxy groups -OCH3 is 2. The summed E-state index contributed by atoms with van der Waals surface area (Å²) in [5, 5.41) is 6.30. The van der Waals surface area contributed by atoms with Crippen molar-refractivity contribution in [3.8, 4) is 11.5 Å². The van der Waals surface area contributed by atoms with Gasteiger partial charge in [-0.05, 0) is 44.2 Å². The molecule has 1 aromatic heterocycles. The SMILES string of the molecule is COc1ccc(NC(=O)CC(C)NCCCc2nc3ccccc3[nH]2)c(OC)c1. The van der Waals surface area contributed by atoms with Gasteiger partial charge in [-0.1, -0.05) is 12.1 Å². The van der Waals surface area contributed by atoms with E-state index in [9.17, 15) is 4.79 Å². The number of carbonyl (C=O) groups excluding carboxylic acids is 1. The lowest BCUT2D eigenvalue weighted by Gasteiger charge is -2.15. The van der Waals surface area contributed by atoms with E-state index in [1.165, 1.54) is 0 Å². The number of aryl methyl sites for hydroxylation is 1. The van der Waals surface area contributed by atoms with Crippen molar-refractivity contribution in [2.45, 2.75) is 32.2 Å². The molecule has 0 spiro atoms. The van der Waals surface area contributed by atoms with Gasteiger partial charge in [0.15, 0.2) is 0 Å². The molecule has 0 bridgehead atoms. The highest BCUT2D eigenvalue weighted by Crippen LogP contribution is 2.29. The molecule has 0 aliphatic carbocycles. The molecule has 0 saturated heterocycles. The van der Waals surface area contributed by atoms with Crippen LogP contribution in [0.5, 0.6) is 11.5 Å². The van der Waals surface area contributed by atoms with E-state index in [1.807, 2.05) is 31.2 Å². The van der Waals surface area contributed by atoms with Gasteiger partial charge in [0.25, 0.3) is 0 Å². The number of imidazole rings is 1. The van der Waals surface area contributed by atoms with Crippen LogP contribution in [-0.2, 0) is 11.2 Å². The van der Waals surface area contributed by atoms with Crippen molar-refractivity contribution in [3.05, 3.63) is 48.3 Å². The topological polar surface area (TPSA) is 88.3 Å². The number of anilines is 1. The third-order valence-corrected chi connectivity index (χ3v) is 4.70. The summed E-state index contributed by atoms with van der Waals surface area (Å²) >= 11 is 0. The first kappa shape index (κ1) is 20.7. The van der Waals surface area contributed by atoms with Gasteiger partial charge in [-0.25, -0.2) is 4.98 Å². The number of ether oxygens (including phenoxy) is 2. The molecule has 0 aliphatic heterocycles. The second kappa shape index (κ2) is 9.93. The number of para-hydroxylation sites is 2. The van der Waals surface area contributed by atoms with Gasteiger partial charge in [0, 0.05) is 24.9 Å². The second-order valence-electron chi connectivity index (χ2n) is 6.98. The molecule has 29 heavy (non-hydrogen) atoms. The zero-order valence-electron chi connectivity index (χ0n) is 17.1. The average Bonchev–Trinajstić information content (AvgIpc) is 3.14. The van der Waals surface area contributed by atoms with Crippen LogP contribution in [0.25, 0.3) is 11.0 Å². The molecule has 154 valence electrons. The summed E-state index contributed by atoms with van der Waals surface area (Å²) in [5.74, 6) is 2.18. The van der Waals surface area contributed by atoms with Gasteiger partial charge in [0.1, 0.15) is 17.3 Å². The molecule has 1 heterocycles. The number of fused-ring (bicyclic) bond motifs is 1. The van der Waals surface area contributed by atoms with Gasteiger partial charge >= 0.3 is 0 Å². The Hall–Kier alpha value is -3.06. The Morgan fingerprint density at radius 3 is 2.76 bits per heavy atom. The van der Waals surface area contributed by atoms with Crippen LogP contribution in [-0.4, -0.2) is 42.7 Å². The molecule has 1 atom stereocenters. The minimum Gasteiger partial charge on any atom is -0.497 e. The monoisotopic (exact) mass is 396 g/mol. The molecule has 3 N–H and O–H groups in total. The molecule has 1 amide bonds. The summed E-state index contributed by atoms with van der Waals surface area (Å²) in [6, 6.07) is 13.4. The zero-order valence-corrected chi connectivity index (χ0v) is 17.1. The predicted octanol–water partition coefficient (Wildman–Crippen LogP) is 3.52. The maximum Gasteiger partial charge on any atom is 0.226 e. The van der Waals surface area contributed by atoms with Crippen molar-refractivity contribution in [2.24, 2.45) is 0 Å². The van der Waals surface area contributed by atoms with Gasteiger partial charge in [-0.2, -0.15) is 0 Å². The lowest BCUT2D eigenvalue weighted by atomic mass is 10.2. The van der Waals surface area contributed by atoms with Crippen LogP contribution in [0.15, 0.2) is 42.5 Å². The van der Waals surface area contributed by atoms with E-state index in [2.05, 4.69) is 20.6 Å². The van der Waals surface area contributed by atoms with Crippen LogP contribution in [0.2, 0.25) is 0 Å². The largest absolute Gasteiger partial charge is 0.497 e. The molecule has 0 aliphatic rings. The van der Waals surface area contributed by atoms with E-state index < -0.39 is 0 Å². The Morgan fingerprint density at radius 1 is 1.17 bits per heavy atom. The number of aromatic nitrogens is 2. The lowest BCUT2D eigenvalue weighted by Crippen LogP contribution is -2.31. The van der Waals surface area contributed by atoms with Crippen molar-refractivity contribution in [2.75, 3.05) is 26.1 Å². The third kappa shape index (κ3) is 5.71. The van der Waals surface area contributed by atoms with Crippen LogP contribution in [0.4, 0.5) is 5.69 Å². The Labute approximate surface area is 170 Å². The molecule has 0 radical (unpaired) electrons.